The molecule has 2 N–H and O–H groups in total. The molecule has 1 heterocycles. The minimum absolute atomic E-state index is 0.129. The number of carbonyl (C=O) groups is 1. The standard InChI is InChI=1S/C18H16ClN3O4/c1-21-10-11(17-14(19)3-2-4-16(17)21)7-8-20-15-6-5-12(22(25)26)9-13(15)18(23)24/h2-6,9-10,20H,7-8H2,1H3,(H,23,24). The maximum atomic E-state index is 11.4. The predicted molar refractivity (Wildman–Crippen MR) is 100 cm³/mol. The summed E-state index contributed by atoms with van der Waals surface area (Å²) in [6.45, 7) is 0.461. The Hall–Kier alpha value is -3.06. The highest BCUT2D eigenvalue weighted by Gasteiger charge is 2.16. The number of rotatable bonds is 6. The Morgan fingerprint density at radius 2 is 2.12 bits per heavy atom. The van der Waals surface area contributed by atoms with Crippen molar-refractivity contribution in [3.05, 3.63) is 68.9 Å². The van der Waals surface area contributed by atoms with Gasteiger partial charge in [-0.25, -0.2) is 4.79 Å². The molecular weight excluding hydrogens is 358 g/mol. The Balaban J connectivity index is 1.81. The third-order valence-corrected chi connectivity index (χ3v) is 4.51. The number of nitrogens with one attached hydrogen (secondary N) is 1. The third-order valence-electron chi connectivity index (χ3n) is 4.20. The number of aromatic carboxylic acids is 1. The van der Waals surface area contributed by atoms with E-state index in [9.17, 15) is 20.0 Å². The monoisotopic (exact) mass is 373 g/mol. The molecule has 0 amide bonds. The molecule has 26 heavy (non-hydrogen) atoms. The second-order valence-electron chi connectivity index (χ2n) is 5.87. The Morgan fingerprint density at radius 3 is 2.81 bits per heavy atom. The predicted octanol–water partition coefficient (Wildman–Crippen LogP) is 4.09. The van der Waals surface area contributed by atoms with Crippen LogP contribution in [0, 0.1) is 10.1 Å². The molecule has 0 unspecified atom stereocenters. The molecule has 0 aliphatic carbocycles. The van der Waals surface area contributed by atoms with Gasteiger partial charge >= 0.3 is 5.97 Å². The molecule has 134 valence electrons. The lowest BCUT2D eigenvalue weighted by Gasteiger charge is -2.09. The zero-order valence-electron chi connectivity index (χ0n) is 13.9. The van der Waals surface area contributed by atoms with E-state index in [1.54, 1.807) is 0 Å². The van der Waals surface area contributed by atoms with Crippen LogP contribution in [0.4, 0.5) is 11.4 Å². The zero-order valence-corrected chi connectivity index (χ0v) is 14.7. The largest absolute Gasteiger partial charge is 0.478 e. The van der Waals surface area contributed by atoms with Crippen LogP contribution in [0.15, 0.2) is 42.6 Å². The number of non-ortho nitro benzene ring substituents is 1. The first-order chi connectivity index (χ1) is 12.4. The molecule has 0 fully saturated rings. The molecule has 3 rings (SSSR count). The minimum atomic E-state index is -1.22. The van der Waals surface area contributed by atoms with Crippen molar-refractivity contribution >= 4 is 39.8 Å². The lowest BCUT2D eigenvalue weighted by atomic mass is 10.1. The number of nitro groups is 1. The van der Waals surface area contributed by atoms with E-state index in [0.29, 0.717) is 23.7 Å². The fourth-order valence-electron chi connectivity index (χ4n) is 2.99. The second-order valence-corrected chi connectivity index (χ2v) is 6.28. The van der Waals surface area contributed by atoms with Gasteiger partial charge in [0, 0.05) is 48.5 Å². The molecule has 0 bridgehead atoms. The van der Waals surface area contributed by atoms with Crippen molar-refractivity contribution in [1.29, 1.82) is 0 Å². The van der Waals surface area contributed by atoms with Crippen molar-refractivity contribution in [3.63, 3.8) is 0 Å². The summed E-state index contributed by atoms with van der Waals surface area (Å²) in [7, 11) is 1.94. The molecular formula is C18H16ClN3O4. The van der Waals surface area contributed by atoms with Crippen LogP contribution in [0.1, 0.15) is 15.9 Å². The van der Waals surface area contributed by atoms with Crippen LogP contribution in [0.2, 0.25) is 5.02 Å². The fraction of sp³-hybridized carbons (Fsp3) is 0.167. The Bertz CT molecular complexity index is 1010. The number of anilines is 1. The molecule has 1 aromatic heterocycles. The van der Waals surface area contributed by atoms with Crippen molar-refractivity contribution in [2.45, 2.75) is 6.42 Å². The summed E-state index contributed by atoms with van der Waals surface area (Å²) in [5.74, 6) is -1.22. The van der Waals surface area contributed by atoms with Crippen LogP contribution in [-0.4, -0.2) is 27.1 Å². The number of fused-ring (bicyclic) bond motifs is 1. The average Bonchev–Trinajstić information content (AvgIpc) is 2.92. The van der Waals surface area contributed by atoms with E-state index >= 15 is 0 Å². The van der Waals surface area contributed by atoms with E-state index < -0.39 is 10.9 Å². The zero-order chi connectivity index (χ0) is 18.8. The van der Waals surface area contributed by atoms with Gasteiger partial charge in [-0.05, 0) is 30.2 Å². The van der Waals surface area contributed by atoms with Crippen LogP contribution < -0.4 is 5.32 Å². The normalized spacial score (nSPS) is 10.8. The van der Waals surface area contributed by atoms with E-state index in [1.165, 1.54) is 12.1 Å². The molecule has 3 aromatic rings. The number of hydrogen-bond donors (Lipinski definition) is 2. The van der Waals surface area contributed by atoms with Crippen LogP contribution in [0.3, 0.4) is 0 Å². The lowest BCUT2D eigenvalue weighted by molar-refractivity contribution is -0.384. The van der Waals surface area contributed by atoms with Gasteiger partial charge in [0.2, 0.25) is 0 Å². The minimum Gasteiger partial charge on any atom is -0.478 e. The number of carboxylic acids is 1. The summed E-state index contributed by atoms with van der Waals surface area (Å²) in [5.41, 5.74) is 2.02. The number of carboxylic acid groups (broad SMARTS) is 1. The van der Waals surface area contributed by atoms with Gasteiger partial charge in [-0.3, -0.25) is 10.1 Å². The van der Waals surface area contributed by atoms with Crippen molar-refractivity contribution < 1.29 is 14.8 Å². The number of hydrogen-bond acceptors (Lipinski definition) is 4. The molecule has 0 aliphatic rings. The third kappa shape index (κ3) is 3.34. The molecule has 2 aromatic carbocycles. The summed E-state index contributed by atoms with van der Waals surface area (Å²) in [6.07, 6.45) is 2.61. The topological polar surface area (TPSA) is 97.4 Å². The summed E-state index contributed by atoms with van der Waals surface area (Å²) in [6, 6.07) is 9.46. The van der Waals surface area contributed by atoms with Crippen LogP contribution in [0.5, 0.6) is 0 Å². The lowest BCUT2D eigenvalue weighted by Crippen LogP contribution is -2.10. The van der Waals surface area contributed by atoms with Gasteiger partial charge in [-0.1, -0.05) is 17.7 Å². The SMILES string of the molecule is Cn1cc(CCNc2ccc([N+](=O)[O-])cc2C(=O)O)c2c(Cl)cccc21. The van der Waals surface area contributed by atoms with Crippen LogP contribution in [0.25, 0.3) is 10.9 Å². The highest BCUT2D eigenvalue weighted by Crippen LogP contribution is 2.29. The summed E-state index contributed by atoms with van der Waals surface area (Å²) >= 11 is 6.31. The van der Waals surface area contributed by atoms with Crippen molar-refractivity contribution in [1.82, 2.24) is 4.57 Å². The molecule has 0 saturated carbocycles. The molecule has 0 atom stereocenters. The van der Waals surface area contributed by atoms with Gasteiger partial charge in [0.25, 0.3) is 5.69 Å². The Labute approximate surface area is 154 Å². The number of nitrogens with zero attached hydrogens (tertiary/aromatic N) is 2. The summed E-state index contributed by atoms with van der Waals surface area (Å²) < 4.78 is 1.99. The van der Waals surface area contributed by atoms with Gasteiger partial charge < -0.3 is 15.0 Å². The van der Waals surface area contributed by atoms with Crippen molar-refractivity contribution in [2.24, 2.45) is 7.05 Å². The summed E-state index contributed by atoms with van der Waals surface area (Å²) in [5, 5.41) is 24.8. The number of aryl methyl sites for hydroxylation is 1. The van der Waals surface area contributed by atoms with E-state index in [4.69, 9.17) is 11.6 Å². The van der Waals surface area contributed by atoms with Crippen molar-refractivity contribution in [2.75, 3.05) is 11.9 Å². The van der Waals surface area contributed by atoms with Gasteiger partial charge in [0.1, 0.15) is 0 Å². The van der Waals surface area contributed by atoms with E-state index in [0.717, 1.165) is 22.5 Å². The highest BCUT2D eigenvalue weighted by atomic mass is 35.5. The van der Waals surface area contributed by atoms with E-state index in [-0.39, 0.29) is 11.3 Å². The molecule has 0 saturated heterocycles. The smallest absolute Gasteiger partial charge is 0.338 e. The van der Waals surface area contributed by atoms with Gasteiger partial charge in [-0.15, -0.1) is 0 Å². The highest BCUT2D eigenvalue weighted by molar-refractivity contribution is 6.35. The molecule has 8 heteroatoms. The molecule has 0 aliphatic heterocycles. The Kier molecular flexibility index (Phi) is 4.81. The van der Waals surface area contributed by atoms with Crippen LogP contribution in [-0.2, 0) is 13.5 Å². The molecule has 7 nitrogen and oxygen atoms in total. The first kappa shape index (κ1) is 17.8. The maximum absolute atomic E-state index is 11.4. The van der Waals surface area contributed by atoms with Crippen LogP contribution >= 0.6 is 11.6 Å². The average molecular weight is 374 g/mol. The van der Waals surface area contributed by atoms with Gasteiger partial charge in [0.15, 0.2) is 0 Å². The first-order valence-electron chi connectivity index (χ1n) is 7.86. The van der Waals surface area contributed by atoms with Crippen molar-refractivity contribution in [3.8, 4) is 0 Å². The second kappa shape index (κ2) is 7.05. The molecule has 0 spiro atoms. The summed E-state index contributed by atoms with van der Waals surface area (Å²) in [4.78, 5) is 21.6. The van der Waals surface area contributed by atoms with E-state index in [1.807, 2.05) is 36.0 Å². The quantitative estimate of drug-likeness (QED) is 0.501. The Morgan fingerprint density at radius 1 is 1.35 bits per heavy atom. The number of halogens is 1. The first-order valence-corrected chi connectivity index (χ1v) is 8.24. The van der Waals surface area contributed by atoms with Gasteiger partial charge in [0.05, 0.1) is 15.5 Å². The maximum Gasteiger partial charge on any atom is 0.338 e. The molecule has 0 radical (unpaired) electrons. The number of nitro benzene ring substituents is 1. The number of benzene rings is 2. The van der Waals surface area contributed by atoms with E-state index in [2.05, 4.69) is 5.32 Å². The van der Waals surface area contributed by atoms with Gasteiger partial charge in [-0.2, -0.15) is 0 Å². The number of aromatic nitrogens is 1. The fourth-order valence-corrected chi connectivity index (χ4v) is 3.28.